The number of carbonyl (C=O) groups is 4. The molecule has 0 N–H and O–H groups in total. The Labute approximate surface area is 228 Å². The SMILES string of the molecule is CCCC(=O)OC[C@H]1OC(OCCCCBr)[C@H](OC(=O)CCC)[C@@H](OC(=O)CCC)[C@@H]1OC(=O)CCC. The van der Waals surface area contributed by atoms with Crippen molar-refractivity contribution in [3.63, 3.8) is 0 Å². The summed E-state index contributed by atoms with van der Waals surface area (Å²) in [5, 5.41) is 0.791. The fourth-order valence-electron chi connectivity index (χ4n) is 3.64. The summed E-state index contributed by atoms with van der Waals surface area (Å²) in [6.07, 6.45) is -1.29. The molecule has 1 saturated heterocycles. The van der Waals surface area contributed by atoms with E-state index in [1.165, 1.54) is 0 Å². The monoisotopic (exact) mass is 594 g/mol. The van der Waals surface area contributed by atoms with Crippen LogP contribution in [0.5, 0.6) is 0 Å². The van der Waals surface area contributed by atoms with Gasteiger partial charge >= 0.3 is 23.9 Å². The average Bonchev–Trinajstić information content (AvgIpc) is 2.84. The van der Waals surface area contributed by atoms with Gasteiger partial charge in [0.05, 0.1) is 0 Å². The average molecular weight is 596 g/mol. The molecule has 1 rings (SSSR count). The molecule has 0 saturated carbocycles. The second-order valence-electron chi connectivity index (χ2n) is 8.86. The third-order valence-corrected chi connectivity index (χ3v) is 5.99. The van der Waals surface area contributed by atoms with Gasteiger partial charge in [-0.05, 0) is 38.5 Å². The van der Waals surface area contributed by atoms with Crippen LogP contribution in [0.4, 0.5) is 0 Å². The Hall–Kier alpha value is -1.72. The highest BCUT2D eigenvalue weighted by Gasteiger charge is 2.53. The topological polar surface area (TPSA) is 124 Å². The zero-order valence-corrected chi connectivity index (χ0v) is 24.1. The molecule has 0 radical (unpaired) electrons. The molecule has 11 heteroatoms. The molecular formula is C26H43BrO10. The second kappa shape index (κ2) is 19.4. The van der Waals surface area contributed by atoms with E-state index in [0.29, 0.717) is 32.1 Å². The molecular weight excluding hydrogens is 552 g/mol. The number of ether oxygens (including phenoxy) is 6. The molecule has 1 fully saturated rings. The van der Waals surface area contributed by atoms with Crippen molar-refractivity contribution in [3.8, 4) is 0 Å². The lowest BCUT2D eigenvalue weighted by Gasteiger charge is -2.44. The number of hydrogen-bond donors (Lipinski definition) is 0. The molecule has 0 aromatic carbocycles. The summed E-state index contributed by atoms with van der Waals surface area (Å²) in [4.78, 5) is 49.8. The zero-order valence-electron chi connectivity index (χ0n) is 22.5. The van der Waals surface area contributed by atoms with Crippen LogP contribution in [0.25, 0.3) is 0 Å². The molecule has 1 aliphatic heterocycles. The molecule has 5 atom stereocenters. The van der Waals surface area contributed by atoms with E-state index in [1.807, 2.05) is 27.7 Å². The summed E-state index contributed by atoms with van der Waals surface area (Å²) >= 11 is 3.38. The maximum absolute atomic E-state index is 12.6. The van der Waals surface area contributed by atoms with Crippen LogP contribution >= 0.6 is 15.9 Å². The Morgan fingerprint density at radius 2 is 1.16 bits per heavy atom. The molecule has 10 nitrogen and oxygen atoms in total. The van der Waals surface area contributed by atoms with Gasteiger partial charge in [0, 0.05) is 37.6 Å². The minimum atomic E-state index is -1.20. The van der Waals surface area contributed by atoms with Crippen LogP contribution in [0.1, 0.15) is 91.9 Å². The number of rotatable bonds is 18. The standard InChI is InChI=1S/C26H43BrO10/c1-5-11-19(28)33-17-18-23(35-20(29)12-6-2)24(36-21(30)13-7-3)25(37-22(31)14-8-4)26(34-18)32-16-10-9-15-27/h18,23-26H,5-17H2,1-4H3/t18-,23-,24+,25-,26?/m1/s1. The molecule has 0 aromatic rings. The predicted octanol–water partition coefficient (Wildman–Crippen LogP) is 4.38. The first kappa shape index (κ1) is 33.3. The number of unbranched alkanes of at least 4 members (excludes halogenated alkanes) is 1. The van der Waals surface area contributed by atoms with E-state index in [9.17, 15) is 19.2 Å². The third-order valence-electron chi connectivity index (χ3n) is 5.43. The summed E-state index contributed by atoms with van der Waals surface area (Å²) in [7, 11) is 0. The van der Waals surface area contributed by atoms with Crippen molar-refractivity contribution in [3.05, 3.63) is 0 Å². The van der Waals surface area contributed by atoms with Crippen molar-refractivity contribution in [2.45, 2.75) is 123 Å². The summed E-state index contributed by atoms with van der Waals surface area (Å²) < 4.78 is 34.6. The number of alkyl halides is 1. The molecule has 0 spiro atoms. The molecule has 0 bridgehead atoms. The van der Waals surface area contributed by atoms with Crippen molar-refractivity contribution < 1.29 is 47.6 Å². The van der Waals surface area contributed by atoms with Crippen LogP contribution in [0.15, 0.2) is 0 Å². The summed E-state index contributed by atoms with van der Waals surface area (Å²) in [5.74, 6) is -2.03. The molecule has 1 aliphatic rings. The van der Waals surface area contributed by atoms with Crippen LogP contribution in [0.2, 0.25) is 0 Å². The maximum atomic E-state index is 12.6. The lowest BCUT2D eigenvalue weighted by atomic mass is 9.97. The van der Waals surface area contributed by atoms with Crippen molar-refractivity contribution in [1.29, 1.82) is 0 Å². The molecule has 1 unspecified atom stereocenters. The van der Waals surface area contributed by atoms with Crippen LogP contribution < -0.4 is 0 Å². The maximum Gasteiger partial charge on any atom is 0.306 e. The van der Waals surface area contributed by atoms with Gasteiger partial charge in [-0.2, -0.15) is 0 Å². The lowest BCUT2D eigenvalue weighted by molar-refractivity contribution is -0.309. The Kier molecular flexibility index (Phi) is 17.4. The van der Waals surface area contributed by atoms with E-state index in [1.54, 1.807) is 0 Å². The van der Waals surface area contributed by atoms with Gasteiger partial charge < -0.3 is 28.4 Å². The van der Waals surface area contributed by atoms with Crippen LogP contribution in [-0.4, -0.2) is 73.1 Å². The highest BCUT2D eigenvalue weighted by molar-refractivity contribution is 9.09. The minimum absolute atomic E-state index is 0.121. The minimum Gasteiger partial charge on any atom is -0.463 e. The van der Waals surface area contributed by atoms with Gasteiger partial charge in [-0.15, -0.1) is 0 Å². The fraction of sp³-hybridized carbons (Fsp3) is 0.846. The third kappa shape index (κ3) is 12.6. The summed E-state index contributed by atoms with van der Waals surface area (Å²) in [5.41, 5.74) is 0. The van der Waals surface area contributed by atoms with Gasteiger partial charge in [-0.3, -0.25) is 19.2 Å². The van der Waals surface area contributed by atoms with Gasteiger partial charge in [-0.25, -0.2) is 0 Å². The van der Waals surface area contributed by atoms with E-state index >= 15 is 0 Å². The van der Waals surface area contributed by atoms with Crippen LogP contribution in [-0.2, 0) is 47.6 Å². The van der Waals surface area contributed by atoms with Crippen molar-refractivity contribution in [2.75, 3.05) is 18.5 Å². The molecule has 0 aromatic heterocycles. The first-order valence-electron chi connectivity index (χ1n) is 13.4. The van der Waals surface area contributed by atoms with Gasteiger partial charge in [0.2, 0.25) is 0 Å². The fourth-order valence-corrected chi connectivity index (χ4v) is 4.04. The van der Waals surface area contributed by atoms with E-state index in [2.05, 4.69) is 15.9 Å². The smallest absolute Gasteiger partial charge is 0.306 e. The van der Waals surface area contributed by atoms with Crippen LogP contribution in [0.3, 0.4) is 0 Å². The van der Waals surface area contributed by atoms with Crippen LogP contribution in [0, 0.1) is 0 Å². The van der Waals surface area contributed by atoms with E-state index in [4.69, 9.17) is 28.4 Å². The summed E-state index contributed by atoms with van der Waals surface area (Å²) in [6, 6.07) is 0. The first-order valence-corrected chi connectivity index (χ1v) is 14.5. The normalized spacial score (nSPS) is 23.2. The van der Waals surface area contributed by atoms with Crippen molar-refractivity contribution >= 4 is 39.8 Å². The first-order chi connectivity index (χ1) is 17.8. The lowest BCUT2D eigenvalue weighted by Crippen LogP contribution is -2.63. The molecule has 214 valence electrons. The highest BCUT2D eigenvalue weighted by Crippen LogP contribution is 2.31. The Bertz CT molecular complexity index is 701. The number of carbonyl (C=O) groups excluding carboxylic acids is 4. The van der Waals surface area contributed by atoms with Gasteiger partial charge in [0.15, 0.2) is 24.6 Å². The quantitative estimate of drug-likeness (QED) is 0.0976. The molecule has 0 amide bonds. The second-order valence-corrected chi connectivity index (χ2v) is 9.65. The Balaban J connectivity index is 3.37. The molecule has 37 heavy (non-hydrogen) atoms. The van der Waals surface area contributed by atoms with Gasteiger partial charge in [0.25, 0.3) is 0 Å². The van der Waals surface area contributed by atoms with Gasteiger partial charge in [0.1, 0.15) is 12.7 Å². The van der Waals surface area contributed by atoms with E-state index in [0.717, 1.165) is 11.8 Å². The van der Waals surface area contributed by atoms with Gasteiger partial charge in [-0.1, -0.05) is 43.6 Å². The predicted molar refractivity (Wildman–Crippen MR) is 138 cm³/mol. The number of halogens is 1. The highest BCUT2D eigenvalue weighted by atomic mass is 79.9. The van der Waals surface area contributed by atoms with E-state index < -0.39 is 54.6 Å². The largest absolute Gasteiger partial charge is 0.463 e. The number of hydrogen-bond acceptors (Lipinski definition) is 10. The Morgan fingerprint density at radius 3 is 1.68 bits per heavy atom. The van der Waals surface area contributed by atoms with Crippen molar-refractivity contribution in [1.82, 2.24) is 0 Å². The van der Waals surface area contributed by atoms with E-state index in [-0.39, 0.29) is 38.9 Å². The zero-order chi connectivity index (χ0) is 27.6. The Morgan fingerprint density at radius 1 is 0.676 bits per heavy atom. The summed E-state index contributed by atoms with van der Waals surface area (Å²) in [6.45, 7) is 7.38. The molecule has 0 aliphatic carbocycles. The number of esters is 4. The van der Waals surface area contributed by atoms with Crippen molar-refractivity contribution in [2.24, 2.45) is 0 Å². The molecule has 1 heterocycles.